The van der Waals surface area contributed by atoms with Gasteiger partial charge in [0.1, 0.15) is 5.54 Å². The molecule has 2 unspecified atom stereocenters. The molecule has 0 bridgehead atoms. The van der Waals surface area contributed by atoms with Crippen molar-refractivity contribution >= 4 is 40.2 Å². The van der Waals surface area contributed by atoms with Crippen molar-refractivity contribution in [3.63, 3.8) is 0 Å². The van der Waals surface area contributed by atoms with Crippen molar-refractivity contribution in [2.24, 2.45) is 17.4 Å². The van der Waals surface area contributed by atoms with Crippen molar-refractivity contribution in [1.29, 1.82) is 0 Å². The number of primary amides is 1. The molecule has 0 radical (unpaired) electrons. The van der Waals surface area contributed by atoms with Crippen LogP contribution in [0.1, 0.15) is 31.7 Å². The number of nitrogens with two attached hydrogens (primary N) is 2. The monoisotopic (exact) mass is 403 g/mol. The van der Waals surface area contributed by atoms with E-state index in [0.29, 0.717) is 19.5 Å². The molecule has 0 saturated carbocycles. The minimum atomic E-state index is -1.07. The average Bonchev–Trinajstić information content (AvgIpc) is 2.46. The summed E-state index contributed by atoms with van der Waals surface area (Å²) in [4.78, 5) is 25.7. The van der Waals surface area contributed by atoms with Gasteiger partial charge in [0.15, 0.2) is 0 Å². The van der Waals surface area contributed by atoms with Crippen molar-refractivity contribution in [1.82, 2.24) is 4.90 Å². The van der Waals surface area contributed by atoms with Crippen LogP contribution in [0.4, 0.5) is 0 Å². The summed E-state index contributed by atoms with van der Waals surface area (Å²) in [5.41, 5.74) is 11.3. The third-order valence-electron chi connectivity index (χ3n) is 4.18. The quantitative estimate of drug-likeness (QED) is 0.806. The molecule has 1 aromatic carbocycles. The first-order valence-electron chi connectivity index (χ1n) is 7.43. The zero-order valence-electron chi connectivity index (χ0n) is 13.1. The Balaban J connectivity index is 0.00000264. The van der Waals surface area contributed by atoms with E-state index in [0.717, 1.165) is 22.9 Å². The number of piperidine rings is 1. The Labute approximate surface area is 151 Å². The second-order valence-corrected chi connectivity index (χ2v) is 7.05. The van der Waals surface area contributed by atoms with Crippen LogP contribution < -0.4 is 11.5 Å². The Kier molecular flexibility index (Phi) is 7.04. The van der Waals surface area contributed by atoms with Gasteiger partial charge in [-0.15, -0.1) is 12.4 Å². The maximum atomic E-state index is 12.8. The summed E-state index contributed by atoms with van der Waals surface area (Å²) in [6.07, 6.45) is 2.12. The van der Waals surface area contributed by atoms with Crippen LogP contribution in [0.25, 0.3) is 0 Å². The van der Waals surface area contributed by atoms with Crippen molar-refractivity contribution in [3.05, 3.63) is 34.3 Å². The van der Waals surface area contributed by atoms with E-state index in [1.54, 1.807) is 11.8 Å². The molecule has 1 saturated heterocycles. The molecule has 1 fully saturated rings. The maximum absolute atomic E-state index is 12.8. The maximum Gasteiger partial charge on any atom is 0.246 e. The SMILES string of the molecule is CC(N)(C(=O)N1CCCC(CC(N)=O)C1)c1ccc(Br)cc1.Cl. The van der Waals surface area contributed by atoms with E-state index < -0.39 is 5.54 Å². The highest BCUT2D eigenvalue weighted by atomic mass is 79.9. The molecule has 0 aliphatic carbocycles. The Bertz CT molecular complexity index is 563. The van der Waals surface area contributed by atoms with Gasteiger partial charge in [-0.05, 0) is 43.4 Å². The number of rotatable bonds is 4. The Morgan fingerprint density at radius 3 is 2.52 bits per heavy atom. The first kappa shape index (κ1) is 19.9. The molecule has 1 aromatic rings. The Morgan fingerprint density at radius 1 is 1.35 bits per heavy atom. The second-order valence-electron chi connectivity index (χ2n) is 6.14. The van der Waals surface area contributed by atoms with Crippen LogP contribution in [0.3, 0.4) is 0 Å². The minimum absolute atomic E-state index is 0. The lowest BCUT2D eigenvalue weighted by atomic mass is 9.88. The van der Waals surface area contributed by atoms with Gasteiger partial charge >= 0.3 is 0 Å². The molecule has 7 heteroatoms. The fourth-order valence-corrected chi connectivity index (χ4v) is 3.21. The molecular formula is C16H23BrClN3O2. The van der Waals surface area contributed by atoms with Gasteiger partial charge < -0.3 is 16.4 Å². The fourth-order valence-electron chi connectivity index (χ4n) is 2.95. The van der Waals surface area contributed by atoms with E-state index in [2.05, 4.69) is 15.9 Å². The number of nitrogens with zero attached hydrogens (tertiary/aromatic N) is 1. The molecule has 2 amide bonds. The second kappa shape index (κ2) is 8.13. The average molecular weight is 405 g/mol. The normalized spacial score (nSPS) is 20.3. The molecule has 2 atom stereocenters. The molecule has 0 aromatic heterocycles. The van der Waals surface area contributed by atoms with Crippen molar-refractivity contribution in [3.8, 4) is 0 Å². The molecule has 128 valence electrons. The van der Waals surface area contributed by atoms with E-state index in [-0.39, 0.29) is 30.1 Å². The smallest absolute Gasteiger partial charge is 0.246 e. The summed E-state index contributed by atoms with van der Waals surface area (Å²) in [7, 11) is 0. The first-order valence-corrected chi connectivity index (χ1v) is 8.22. The molecule has 23 heavy (non-hydrogen) atoms. The van der Waals surface area contributed by atoms with Crippen LogP contribution in [0.5, 0.6) is 0 Å². The van der Waals surface area contributed by atoms with Crippen LogP contribution >= 0.6 is 28.3 Å². The van der Waals surface area contributed by atoms with E-state index >= 15 is 0 Å². The largest absolute Gasteiger partial charge is 0.370 e. The topological polar surface area (TPSA) is 89.4 Å². The van der Waals surface area contributed by atoms with Crippen molar-refractivity contribution in [2.45, 2.75) is 31.7 Å². The number of likely N-dealkylation sites (tertiary alicyclic amines) is 1. The summed E-state index contributed by atoms with van der Waals surface area (Å²) in [6.45, 7) is 2.96. The summed E-state index contributed by atoms with van der Waals surface area (Å²) in [5, 5.41) is 0. The fraction of sp³-hybridized carbons (Fsp3) is 0.500. The molecule has 1 heterocycles. The molecule has 2 rings (SSSR count). The first-order chi connectivity index (χ1) is 10.3. The predicted octanol–water partition coefficient (Wildman–Crippen LogP) is 2.16. The van der Waals surface area contributed by atoms with E-state index in [4.69, 9.17) is 11.5 Å². The Morgan fingerprint density at radius 2 is 1.96 bits per heavy atom. The van der Waals surface area contributed by atoms with Crippen LogP contribution in [-0.2, 0) is 15.1 Å². The van der Waals surface area contributed by atoms with Gasteiger partial charge in [-0.25, -0.2) is 0 Å². The van der Waals surface area contributed by atoms with Gasteiger partial charge in [0.25, 0.3) is 0 Å². The van der Waals surface area contributed by atoms with Crippen LogP contribution in [0.15, 0.2) is 28.7 Å². The standard InChI is InChI=1S/C16H22BrN3O2.ClH/c1-16(19,12-4-6-13(17)7-5-12)15(22)20-8-2-3-11(10-20)9-14(18)21;/h4-7,11H,2-3,8-10,19H2,1H3,(H2,18,21);1H. The number of benzene rings is 1. The number of amides is 2. The zero-order chi connectivity index (χ0) is 16.3. The summed E-state index contributed by atoms with van der Waals surface area (Å²) < 4.78 is 0.944. The van der Waals surface area contributed by atoms with Crippen LogP contribution in [-0.4, -0.2) is 29.8 Å². The lowest BCUT2D eigenvalue weighted by Gasteiger charge is -2.37. The molecule has 1 aliphatic heterocycles. The molecular weight excluding hydrogens is 382 g/mol. The number of halogens is 2. The van der Waals surface area contributed by atoms with E-state index in [1.807, 2.05) is 24.3 Å². The third kappa shape index (κ3) is 4.93. The van der Waals surface area contributed by atoms with E-state index in [1.165, 1.54) is 0 Å². The molecule has 0 spiro atoms. The highest BCUT2D eigenvalue weighted by Crippen LogP contribution is 2.26. The lowest BCUT2D eigenvalue weighted by molar-refractivity contribution is -0.139. The molecule has 4 N–H and O–H groups in total. The van der Waals surface area contributed by atoms with E-state index in [9.17, 15) is 9.59 Å². The van der Waals surface area contributed by atoms with Gasteiger partial charge in [0, 0.05) is 24.0 Å². The molecule has 5 nitrogen and oxygen atoms in total. The van der Waals surface area contributed by atoms with Crippen LogP contribution in [0, 0.1) is 5.92 Å². The summed E-state index contributed by atoms with van der Waals surface area (Å²) in [6, 6.07) is 7.46. The minimum Gasteiger partial charge on any atom is -0.370 e. The predicted molar refractivity (Wildman–Crippen MR) is 96.0 cm³/mol. The van der Waals surface area contributed by atoms with Gasteiger partial charge in [0.2, 0.25) is 11.8 Å². The Hall–Kier alpha value is -1.11. The summed E-state index contributed by atoms with van der Waals surface area (Å²) >= 11 is 3.38. The number of hydrogen-bond acceptors (Lipinski definition) is 3. The van der Waals surface area contributed by atoms with Gasteiger partial charge in [-0.1, -0.05) is 28.1 Å². The van der Waals surface area contributed by atoms with Crippen molar-refractivity contribution in [2.75, 3.05) is 13.1 Å². The molecule has 1 aliphatic rings. The van der Waals surface area contributed by atoms with Gasteiger partial charge in [-0.2, -0.15) is 0 Å². The zero-order valence-corrected chi connectivity index (χ0v) is 15.5. The number of carbonyl (C=O) groups is 2. The number of hydrogen-bond donors (Lipinski definition) is 2. The highest BCUT2D eigenvalue weighted by Gasteiger charge is 2.36. The number of carbonyl (C=O) groups excluding carboxylic acids is 2. The van der Waals surface area contributed by atoms with Gasteiger partial charge in [0.05, 0.1) is 0 Å². The van der Waals surface area contributed by atoms with Crippen molar-refractivity contribution < 1.29 is 9.59 Å². The van der Waals surface area contributed by atoms with Gasteiger partial charge in [-0.3, -0.25) is 9.59 Å². The third-order valence-corrected chi connectivity index (χ3v) is 4.71. The highest BCUT2D eigenvalue weighted by molar-refractivity contribution is 9.10. The van der Waals surface area contributed by atoms with Crippen LogP contribution in [0.2, 0.25) is 0 Å². The lowest BCUT2D eigenvalue weighted by Crippen LogP contribution is -2.53. The summed E-state index contributed by atoms with van der Waals surface area (Å²) in [5.74, 6) is -0.289.